The van der Waals surface area contributed by atoms with Gasteiger partial charge in [-0.1, -0.05) is 48.9 Å². The molecule has 0 bridgehead atoms. The average molecular weight is 483 g/mol. The van der Waals surface area contributed by atoms with Crippen LogP contribution in [0.4, 0.5) is 5.69 Å². The number of anilines is 1. The van der Waals surface area contributed by atoms with Crippen molar-refractivity contribution in [3.05, 3.63) is 89.5 Å². The standard InChI is InChI=1S/C26H30N2O3S2/c1-5-21-8-10-22(11-9-21)20(3)27-26(29)18-28(23-12-6-19(2)7-13-23)33(30,31)25-16-14-24(32-4)15-17-25/h6-17,20H,5,18H2,1-4H3,(H,27,29)/t20-/m0/s1. The van der Waals surface area contributed by atoms with Crippen molar-refractivity contribution in [2.24, 2.45) is 0 Å². The molecule has 0 fully saturated rings. The highest BCUT2D eigenvalue weighted by atomic mass is 32.2. The van der Waals surface area contributed by atoms with Crippen LogP contribution in [0.3, 0.4) is 0 Å². The van der Waals surface area contributed by atoms with Crippen LogP contribution >= 0.6 is 11.8 Å². The number of carbonyl (C=O) groups is 1. The van der Waals surface area contributed by atoms with E-state index >= 15 is 0 Å². The number of hydrogen-bond donors (Lipinski definition) is 1. The molecule has 0 radical (unpaired) electrons. The quantitative estimate of drug-likeness (QED) is 0.418. The molecule has 0 heterocycles. The second-order valence-electron chi connectivity index (χ2n) is 7.91. The second-order valence-corrected chi connectivity index (χ2v) is 10.6. The summed E-state index contributed by atoms with van der Waals surface area (Å²) in [4.78, 5) is 14.1. The van der Waals surface area contributed by atoms with Gasteiger partial charge in [-0.05, 0) is 74.0 Å². The smallest absolute Gasteiger partial charge is 0.264 e. The number of carbonyl (C=O) groups excluding carboxylic acids is 1. The Bertz CT molecular complexity index is 1170. The molecule has 0 spiro atoms. The molecule has 1 atom stereocenters. The Balaban J connectivity index is 1.86. The lowest BCUT2D eigenvalue weighted by molar-refractivity contribution is -0.120. The van der Waals surface area contributed by atoms with Crippen molar-refractivity contribution in [1.82, 2.24) is 5.32 Å². The SMILES string of the molecule is CCc1ccc([C@H](C)NC(=O)CN(c2ccc(C)cc2)S(=O)(=O)c2ccc(SC)cc2)cc1. The highest BCUT2D eigenvalue weighted by Crippen LogP contribution is 2.26. The van der Waals surface area contributed by atoms with Crippen molar-refractivity contribution >= 4 is 33.4 Å². The highest BCUT2D eigenvalue weighted by Gasteiger charge is 2.27. The summed E-state index contributed by atoms with van der Waals surface area (Å²) in [6, 6.07) is 21.7. The summed E-state index contributed by atoms with van der Waals surface area (Å²) < 4.78 is 28.2. The maximum atomic E-state index is 13.5. The zero-order valence-corrected chi connectivity index (χ0v) is 21.0. The normalized spacial score (nSPS) is 12.2. The minimum absolute atomic E-state index is 0.150. The van der Waals surface area contributed by atoms with Gasteiger partial charge in [-0.15, -0.1) is 11.8 Å². The van der Waals surface area contributed by atoms with Crippen molar-refractivity contribution in [2.75, 3.05) is 17.1 Å². The van der Waals surface area contributed by atoms with E-state index in [1.54, 1.807) is 36.4 Å². The zero-order chi connectivity index (χ0) is 24.0. The van der Waals surface area contributed by atoms with Crippen LogP contribution < -0.4 is 9.62 Å². The molecule has 0 unspecified atom stereocenters. The Morgan fingerprint density at radius 1 is 0.970 bits per heavy atom. The van der Waals surface area contributed by atoms with Crippen molar-refractivity contribution in [3.63, 3.8) is 0 Å². The van der Waals surface area contributed by atoms with Crippen LogP contribution in [-0.4, -0.2) is 27.1 Å². The average Bonchev–Trinajstić information content (AvgIpc) is 2.83. The van der Waals surface area contributed by atoms with Gasteiger partial charge in [0, 0.05) is 4.90 Å². The number of amides is 1. The molecule has 1 amide bonds. The first-order chi connectivity index (χ1) is 15.7. The number of aryl methyl sites for hydroxylation is 2. The van der Waals surface area contributed by atoms with E-state index in [-0.39, 0.29) is 23.4 Å². The first-order valence-electron chi connectivity index (χ1n) is 10.9. The first kappa shape index (κ1) is 24.9. The predicted octanol–water partition coefficient (Wildman–Crippen LogP) is 5.35. The fourth-order valence-corrected chi connectivity index (χ4v) is 5.27. The molecule has 0 saturated heterocycles. The van der Waals surface area contributed by atoms with Gasteiger partial charge in [0.25, 0.3) is 10.0 Å². The lowest BCUT2D eigenvalue weighted by Gasteiger charge is -2.25. The van der Waals surface area contributed by atoms with Crippen molar-refractivity contribution in [2.45, 2.75) is 43.0 Å². The lowest BCUT2D eigenvalue weighted by atomic mass is 10.1. The minimum atomic E-state index is -3.93. The Morgan fingerprint density at radius 2 is 1.58 bits per heavy atom. The molecule has 0 aliphatic heterocycles. The molecule has 3 aromatic rings. The van der Waals surface area contributed by atoms with E-state index in [1.165, 1.54) is 21.6 Å². The topological polar surface area (TPSA) is 66.5 Å². The molecule has 0 saturated carbocycles. The van der Waals surface area contributed by atoms with Gasteiger partial charge in [-0.2, -0.15) is 0 Å². The lowest BCUT2D eigenvalue weighted by Crippen LogP contribution is -2.41. The molecule has 174 valence electrons. The third kappa shape index (κ3) is 6.18. The van der Waals surface area contributed by atoms with Gasteiger partial charge >= 0.3 is 0 Å². The van der Waals surface area contributed by atoms with Crippen LogP contribution in [0.1, 0.15) is 36.6 Å². The minimum Gasteiger partial charge on any atom is -0.348 e. The van der Waals surface area contributed by atoms with Gasteiger partial charge < -0.3 is 5.32 Å². The fraction of sp³-hybridized carbons (Fsp3) is 0.269. The van der Waals surface area contributed by atoms with Crippen LogP contribution in [0.2, 0.25) is 0 Å². The number of thioether (sulfide) groups is 1. The molecule has 3 aromatic carbocycles. The number of benzene rings is 3. The number of sulfonamides is 1. The molecular weight excluding hydrogens is 452 g/mol. The zero-order valence-electron chi connectivity index (χ0n) is 19.4. The Hall–Kier alpha value is -2.77. The van der Waals surface area contributed by atoms with Crippen LogP contribution in [0.25, 0.3) is 0 Å². The summed E-state index contributed by atoms with van der Waals surface area (Å²) in [5, 5.41) is 2.94. The highest BCUT2D eigenvalue weighted by molar-refractivity contribution is 7.98. The number of rotatable bonds is 9. The van der Waals surface area contributed by atoms with Gasteiger partial charge in [0.05, 0.1) is 16.6 Å². The molecule has 33 heavy (non-hydrogen) atoms. The van der Waals surface area contributed by atoms with Gasteiger partial charge in [0.1, 0.15) is 6.54 Å². The molecular formula is C26H30N2O3S2. The monoisotopic (exact) mass is 482 g/mol. The molecule has 3 rings (SSSR count). The number of nitrogens with zero attached hydrogens (tertiary/aromatic N) is 1. The van der Waals surface area contributed by atoms with E-state index in [0.717, 1.165) is 22.4 Å². The first-order valence-corrected chi connectivity index (χ1v) is 13.5. The Kier molecular flexibility index (Phi) is 8.21. The predicted molar refractivity (Wildman–Crippen MR) is 136 cm³/mol. The summed E-state index contributed by atoms with van der Waals surface area (Å²) in [5.41, 5.74) is 3.65. The Labute approximate surface area is 201 Å². The van der Waals surface area contributed by atoms with Crippen LogP contribution in [-0.2, 0) is 21.2 Å². The van der Waals surface area contributed by atoms with Crippen molar-refractivity contribution in [3.8, 4) is 0 Å². The molecule has 5 nitrogen and oxygen atoms in total. The second kappa shape index (κ2) is 10.9. The molecule has 1 N–H and O–H groups in total. The summed E-state index contributed by atoms with van der Waals surface area (Å²) in [7, 11) is -3.93. The van der Waals surface area contributed by atoms with Crippen LogP contribution in [0, 0.1) is 6.92 Å². The van der Waals surface area contributed by atoms with E-state index < -0.39 is 10.0 Å². The van der Waals surface area contributed by atoms with E-state index in [9.17, 15) is 13.2 Å². The van der Waals surface area contributed by atoms with Crippen molar-refractivity contribution < 1.29 is 13.2 Å². The van der Waals surface area contributed by atoms with Crippen LogP contribution in [0.5, 0.6) is 0 Å². The van der Waals surface area contributed by atoms with Gasteiger partial charge in [0.15, 0.2) is 0 Å². The van der Waals surface area contributed by atoms with E-state index in [2.05, 4.69) is 12.2 Å². The maximum absolute atomic E-state index is 13.5. The molecule has 7 heteroatoms. The van der Waals surface area contributed by atoms with Gasteiger partial charge in [-0.25, -0.2) is 8.42 Å². The summed E-state index contributed by atoms with van der Waals surface area (Å²) in [6.07, 6.45) is 2.88. The van der Waals surface area contributed by atoms with Crippen LogP contribution in [0.15, 0.2) is 82.6 Å². The third-order valence-electron chi connectivity index (χ3n) is 5.52. The van der Waals surface area contributed by atoms with Gasteiger partial charge in [0.2, 0.25) is 5.91 Å². The fourth-order valence-electron chi connectivity index (χ4n) is 3.44. The number of hydrogen-bond acceptors (Lipinski definition) is 4. The van der Waals surface area contributed by atoms with E-state index in [1.807, 2.05) is 56.5 Å². The van der Waals surface area contributed by atoms with E-state index in [4.69, 9.17) is 0 Å². The largest absolute Gasteiger partial charge is 0.348 e. The molecule has 0 aromatic heterocycles. The summed E-state index contributed by atoms with van der Waals surface area (Å²) >= 11 is 1.54. The molecule has 0 aliphatic rings. The molecule has 0 aliphatic carbocycles. The van der Waals surface area contributed by atoms with Gasteiger partial charge in [-0.3, -0.25) is 9.10 Å². The maximum Gasteiger partial charge on any atom is 0.264 e. The summed E-state index contributed by atoms with van der Waals surface area (Å²) in [5.74, 6) is -0.369. The Morgan fingerprint density at radius 3 is 2.12 bits per heavy atom. The summed E-state index contributed by atoms with van der Waals surface area (Å²) in [6.45, 7) is 5.61. The third-order valence-corrected chi connectivity index (χ3v) is 8.05. The number of nitrogens with one attached hydrogen (secondary N) is 1. The van der Waals surface area contributed by atoms with E-state index in [0.29, 0.717) is 5.69 Å². The van der Waals surface area contributed by atoms with Crippen molar-refractivity contribution in [1.29, 1.82) is 0 Å².